The molecular formula is C15H12ClNO3. The zero-order valence-corrected chi connectivity index (χ0v) is 11.3. The van der Waals surface area contributed by atoms with E-state index in [-0.39, 0.29) is 22.4 Å². The van der Waals surface area contributed by atoms with Gasteiger partial charge in [0, 0.05) is 17.8 Å². The molecule has 1 amide bonds. The van der Waals surface area contributed by atoms with E-state index in [0.717, 1.165) is 5.56 Å². The molecule has 0 saturated heterocycles. The Morgan fingerprint density at radius 1 is 1.10 bits per heavy atom. The number of rotatable bonds is 1. The average molecular weight is 290 g/mol. The first-order valence-corrected chi connectivity index (χ1v) is 6.56. The van der Waals surface area contributed by atoms with Gasteiger partial charge in [-0.25, -0.2) is 0 Å². The van der Waals surface area contributed by atoms with Crippen LogP contribution < -0.4 is 4.90 Å². The first-order chi connectivity index (χ1) is 9.56. The maximum atomic E-state index is 12.5. The molecule has 0 aliphatic carbocycles. The second-order valence-corrected chi connectivity index (χ2v) is 5.09. The highest BCUT2D eigenvalue weighted by Gasteiger charge is 2.25. The Morgan fingerprint density at radius 3 is 2.65 bits per heavy atom. The van der Waals surface area contributed by atoms with Crippen LogP contribution in [0.25, 0.3) is 0 Å². The van der Waals surface area contributed by atoms with Gasteiger partial charge in [0.05, 0.1) is 5.02 Å². The molecule has 3 rings (SSSR count). The summed E-state index contributed by atoms with van der Waals surface area (Å²) in [5.74, 6) is 0.0240. The maximum Gasteiger partial charge on any atom is 0.258 e. The second-order valence-electron chi connectivity index (χ2n) is 4.68. The molecule has 0 bridgehead atoms. The SMILES string of the molecule is O=C1c2ccc(O)cc2CCN1c1ccc(O)c(Cl)c1. The highest BCUT2D eigenvalue weighted by Crippen LogP contribution is 2.31. The van der Waals surface area contributed by atoms with Gasteiger partial charge >= 0.3 is 0 Å². The van der Waals surface area contributed by atoms with Gasteiger partial charge in [0.25, 0.3) is 5.91 Å². The first kappa shape index (κ1) is 12.8. The molecule has 0 radical (unpaired) electrons. The Hall–Kier alpha value is -2.20. The first-order valence-electron chi connectivity index (χ1n) is 6.18. The summed E-state index contributed by atoms with van der Waals surface area (Å²) in [5, 5.41) is 19.1. The Kier molecular flexibility index (Phi) is 3.03. The zero-order chi connectivity index (χ0) is 14.3. The second kappa shape index (κ2) is 4.72. The summed E-state index contributed by atoms with van der Waals surface area (Å²) in [4.78, 5) is 14.1. The van der Waals surface area contributed by atoms with Crippen molar-refractivity contribution in [2.24, 2.45) is 0 Å². The fraction of sp³-hybridized carbons (Fsp3) is 0.133. The van der Waals surface area contributed by atoms with Gasteiger partial charge < -0.3 is 15.1 Å². The van der Waals surface area contributed by atoms with E-state index in [1.807, 2.05) is 0 Å². The van der Waals surface area contributed by atoms with E-state index in [0.29, 0.717) is 24.2 Å². The number of carbonyl (C=O) groups is 1. The predicted molar refractivity (Wildman–Crippen MR) is 76.6 cm³/mol. The number of phenols is 2. The fourth-order valence-electron chi connectivity index (χ4n) is 2.38. The van der Waals surface area contributed by atoms with Crippen molar-refractivity contribution in [2.75, 3.05) is 11.4 Å². The number of amides is 1. The summed E-state index contributed by atoms with van der Waals surface area (Å²) < 4.78 is 0. The molecule has 20 heavy (non-hydrogen) atoms. The molecule has 1 aliphatic rings. The molecule has 4 nitrogen and oxygen atoms in total. The van der Waals surface area contributed by atoms with Gasteiger partial charge in [-0.05, 0) is 48.4 Å². The van der Waals surface area contributed by atoms with Gasteiger partial charge in [-0.1, -0.05) is 11.6 Å². The molecule has 2 N–H and O–H groups in total. The number of hydrogen-bond donors (Lipinski definition) is 2. The quantitative estimate of drug-likeness (QED) is 0.848. The Bertz CT molecular complexity index is 700. The molecule has 0 fully saturated rings. The third-order valence-electron chi connectivity index (χ3n) is 3.41. The third-order valence-corrected chi connectivity index (χ3v) is 3.71. The molecule has 0 saturated carbocycles. The number of carbonyl (C=O) groups excluding carboxylic acids is 1. The summed E-state index contributed by atoms with van der Waals surface area (Å²) in [6, 6.07) is 9.45. The van der Waals surface area contributed by atoms with Crippen molar-refractivity contribution < 1.29 is 15.0 Å². The molecule has 1 aliphatic heterocycles. The highest BCUT2D eigenvalue weighted by atomic mass is 35.5. The van der Waals surface area contributed by atoms with E-state index in [1.165, 1.54) is 12.1 Å². The van der Waals surface area contributed by atoms with Crippen LogP contribution in [0, 0.1) is 0 Å². The van der Waals surface area contributed by atoms with Crippen molar-refractivity contribution in [3.05, 3.63) is 52.5 Å². The fourth-order valence-corrected chi connectivity index (χ4v) is 2.56. The van der Waals surface area contributed by atoms with Crippen molar-refractivity contribution in [3.63, 3.8) is 0 Å². The third kappa shape index (κ3) is 2.08. The number of aromatic hydroxyl groups is 2. The van der Waals surface area contributed by atoms with Crippen LogP contribution in [0.15, 0.2) is 36.4 Å². The van der Waals surface area contributed by atoms with Gasteiger partial charge in [0.15, 0.2) is 0 Å². The van der Waals surface area contributed by atoms with Crippen molar-refractivity contribution in [3.8, 4) is 11.5 Å². The monoisotopic (exact) mass is 289 g/mol. The lowest BCUT2D eigenvalue weighted by molar-refractivity contribution is 0.0980. The van der Waals surface area contributed by atoms with E-state index in [1.54, 1.807) is 29.2 Å². The van der Waals surface area contributed by atoms with Crippen molar-refractivity contribution in [1.29, 1.82) is 0 Å². The van der Waals surface area contributed by atoms with Gasteiger partial charge in [-0.15, -0.1) is 0 Å². The summed E-state index contributed by atoms with van der Waals surface area (Å²) in [6.45, 7) is 0.510. The van der Waals surface area contributed by atoms with Crippen LogP contribution in [0.4, 0.5) is 5.69 Å². The summed E-state index contributed by atoms with van der Waals surface area (Å²) >= 11 is 5.88. The van der Waals surface area contributed by atoms with E-state index in [9.17, 15) is 15.0 Å². The molecule has 1 heterocycles. The van der Waals surface area contributed by atoms with Crippen LogP contribution in [-0.2, 0) is 6.42 Å². The van der Waals surface area contributed by atoms with Gasteiger partial charge in [-0.3, -0.25) is 4.79 Å². The number of fused-ring (bicyclic) bond motifs is 1. The van der Waals surface area contributed by atoms with E-state index in [4.69, 9.17) is 11.6 Å². The number of halogens is 1. The molecule has 0 spiro atoms. The predicted octanol–water partition coefficient (Wildman–Crippen LogP) is 2.95. The lowest BCUT2D eigenvalue weighted by atomic mass is 9.98. The van der Waals surface area contributed by atoms with Crippen LogP contribution in [0.2, 0.25) is 5.02 Å². The van der Waals surface area contributed by atoms with Crippen LogP contribution in [0.3, 0.4) is 0 Å². The lowest BCUT2D eigenvalue weighted by Gasteiger charge is -2.28. The summed E-state index contributed by atoms with van der Waals surface area (Å²) in [6.07, 6.45) is 0.661. The van der Waals surface area contributed by atoms with E-state index in [2.05, 4.69) is 0 Å². The molecule has 0 aromatic heterocycles. The molecular weight excluding hydrogens is 278 g/mol. The number of benzene rings is 2. The topological polar surface area (TPSA) is 60.8 Å². The Balaban J connectivity index is 1.99. The number of phenolic OH excluding ortho intramolecular Hbond substituents is 2. The van der Waals surface area contributed by atoms with Crippen LogP contribution in [-0.4, -0.2) is 22.7 Å². The molecule has 0 unspecified atom stereocenters. The van der Waals surface area contributed by atoms with Gasteiger partial charge in [0.2, 0.25) is 0 Å². The zero-order valence-electron chi connectivity index (χ0n) is 10.5. The van der Waals surface area contributed by atoms with E-state index >= 15 is 0 Å². The number of anilines is 1. The Morgan fingerprint density at radius 2 is 1.90 bits per heavy atom. The van der Waals surface area contributed by atoms with Crippen molar-refractivity contribution in [2.45, 2.75) is 6.42 Å². The standard InChI is InChI=1S/C15H12ClNO3/c16-13-8-10(1-4-14(13)19)17-6-5-9-7-11(18)2-3-12(9)15(17)20/h1-4,7-8,18-19H,5-6H2. The van der Waals surface area contributed by atoms with E-state index < -0.39 is 0 Å². The van der Waals surface area contributed by atoms with Crippen molar-refractivity contribution >= 4 is 23.2 Å². The summed E-state index contributed by atoms with van der Waals surface area (Å²) in [5.41, 5.74) is 2.07. The molecule has 2 aromatic carbocycles. The normalized spacial score (nSPS) is 14.2. The van der Waals surface area contributed by atoms with Crippen molar-refractivity contribution in [1.82, 2.24) is 0 Å². The smallest absolute Gasteiger partial charge is 0.258 e. The van der Waals surface area contributed by atoms with Crippen LogP contribution in [0.5, 0.6) is 11.5 Å². The molecule has 5 heteroatoms. The highest BCUT2D eigenvalue weighted by molar-refractivity contribution is 6.32. The molecule has 0 atom stereocenters. The minimum absolute atomic E-state index is 0.00908. The number of hydrogen-bond acceptors (Lipinski definition) is 3. The maximum absolute atomic E-state index is 12.5. The van der Waals surface area contributed by atoms with Crippen LogP contribution in [0.1, 0.15) is 15.9 Å². The average Bonchev–Trinajstić information content (AvgIpc) is 2.42. The molecule has 2 aromatic rings. The van der Waals surface area contributed by atoms with Crippen LogP contribution >= 0.6 is 11.6 Å². The largest absolute Gasteiger partial charge is 0.508 e. The molecule has 102 valence electrons. The number of nitrogens with zero attached hydrogens (tertiary/aromatic N) is 1. The Labute approximate surface area is 120 Å². The van der Waals surface area contributed by atoms with Gasteiger partial charge in [0.1, 0.15) is 11.5 Å². The minimum atomic E-state index is -0.131. The van der Waals surface area contributed by atoms with Gasteiger partial charge in [-0.2, -0.15) is 0 Å². The summed E-state index contributed by atoms with van der Waals surface area (Å²) in [7, 11) is 0. The minimum Gasteiger partial charge on any atom is -0.508 e. The lowest BCUT2D eigenvalue weighted by Crippen LogP contribution is -2.37.